The summed E-state index contributed by atoms with van der Waals surface area (Å²) in [5.41, 5.74) is 3.70. The van der Waals surface area contributed by atoms with Crippen molar-refractivity contribution in [1.29, 1.82) is 0 Å². The Kier molecular flexibility index (Phi) is 4.85. The van der Waals surface area contributed by atoms with E-state index in [1.54, 1.807) is 17.8 Å². The van der Waals surface area contributed by atoms with Crippen molar-refractivity contribution in [2.45, 2.75) is 10.6 Å². The van der Waals surface area contributed by atoms with Crippen molar-refractivity contribution in [3.05, 3.63) is 64.7 Å². The summed E-state index contributed by atoms with van der Waals surface area (Å²) in [4.78, 5) is 12.7. The monoisotopic (exact) mass is 292 g/mol. The zero-order chi connectivity index (χ0) is 13.7. The van der Waals surface area contributed by atoms with Crippen molar-refractivity contribution in [2.24, 2.45) is 5.84 Å². The maximum atomic E-state index is 11.6. The van der Waals surface area contributed by atoms with E-state index in [-0.39, 0.29) is 5.91 Å². The summed E-state index contributed by atoms with van der Waals surface area (Å²) in [7, 11) is 0. The van der Waals surface area contributed by atoms with Gasteiger partial charge in [0.1, 0.15) is 0 Å². The average Bonchev–Trinajstić information content (AvgIpc) is 2.45. The molecule has 0 saturated heterocycles. The molecule has 0 saturated carbocycles. The number of amides is 1. The molecule has 0 aliphatic heterocycles. The molecule has 0 aromatic heterocycles. The van der Waals surface area contributed by atoms with Gasteiger partial charge in [-0.15, -0.1) is 11.8 Å². The number of carbonyl (C=O) groups is 1. The summed E-state index contributed by atoms with van der Waals surface area (Å²) < 4.78 is 0. The maximum absolute atomic E-state index is 11.6. The molecule has 0 atom stereocenters. The van der Waals surface area contributed by atoms with Crippen molar-refractivity contribution >= 4 is 29.3 Å². The number of hydrogen-bond acceptors (Lipinski definition) is 3. The third-order valence-corrected chi connectivity index (χ3v) is 3.86. The minimum absolute atomic E-state index is 0.276. The van der Waals surface area contributed by atoms with Crippen LogP contribution in [0.5, 0.6) is 0 Å². The highest BCUT2D eigenvalue weighted by Crippen LogP contribution is 2.26. The molecular formula is C14H13ClN2OS. The fourth-order valence-electron chi connectivity index (χ4n) is 1.66. The number of carbonyl (C=O) groups excluding carboxylic acids is 1. The Morgan fingerprint density at radius 3 is 2.74 bits per heavy atom. The Labute approximate surface area is 121 Å². The fourth-order valence-corrected chi connectivity index (χ4v) is 2.88. The van der Waals surface area contributed by atoms with Gasteiger partial charge in [0.25, 0.3) is 5.91 Å². The molecule has 0 aliphatic carbocycles. The van der Waals surface area contributed by atoms with Gasteiger partial charge in [-0.1, -0.05) is 35.9 Å². The number of benzene rings is 2. The van der Waals surface area contributed by atoms with Gasteiger partial charge in [-0.05, 0) is 29.8 Å². The summed E-state index contributed by atoms with van der Waals surface area (Å²) in [5.74, 6) is 5.59. The second kappa shape index (κ2) is 6.61. The van der Waals surface area contributed by atoms with Crippen LogP contribution in [0.15, 0.2) is 53.4 Å². The quantitative estimate of drug-likeness (QED) is 0.394. The van der Waals surface area contributed by atoms with Crippen LogP contribution < -0.4 is 11.3 Å². The zero-order valence-electron chi connectivity index (χ0n) is 10.1. The van der Waals surface area contributed by atoms with Gasteiger partial charge in [-0.3, -0.25) is 10.2 Å². The van der Waals surface area contributed by atoms with Crippen LogP contribution in [0, 0.1) is 0 Å². The first kappa shape index (κ1) is 13.9. The molecule has 98 valence electrons. The minimum Gasteiger partial charge on any atom is -0.290 e. The van der Waals surface area contributed by atoms with Crippen LogP contribution in [0.25, 0.3) is 0 Å². The molecule has 1 amide bonds. The molecule has 2 rings (SSSR count). The van der Waals surface area contributed by atoms with Crippen LogP contribution >= 0.6 is 23.4 Å². The van der Waals surface area contributed by atoms with Gasteiger partial charge in [0.15, 0.2) is 0 Å². The fraction of sp³-hybridized carbons (Fsp3) is 0.0714. The molecular weight excluding hydrogens is 280 g/mol. The predicted molar refractivity (Wildman–Crippen MR) is 79.1 cm³/mol. The van der Waals surface area contributed by atoms with Crippen LogP contribution in [-0.2, 0) is 5.75 Å². The number of rotatable bonds is 4. The van der Waals surface area contributed by atoms with E-state index in [1.807, 2.05) is 42.5 Å². The Hall–Kier alpha value is -1.49. The van der Waals surface area contributed by atoms with Gasteiger partial charge in [0.05, 0.1) is 0 Å². The number of thioether (sulfide) groups is 1. The average molecular weight is 293 g/mol. The van der Waals surface area contributed by atoms with E-state index in [4.69, 9.17) is 17.4 Å². The standard InChI is InChI=1S/C14H13ClN2OS/c15-11-5-3-6-12(8-11)19-9-10-4-1-2-7-13(10)14(18)17-16/h1-8H,9,16H2,(H,17,18). The van der Waals surface area contributed by atoms with E-state index < -0.39 is 0 Å². The normalized spacial score (nSPS) is 10.2. The van der Waals surface area contributed by atoms with Crippen molar-refractivity contribution in [2.75, 3.05) is 0 Å². The summed E-state index contributed by atoms with van der Waals surface area (Å²) in [6.07, 6.45) is 0. The first-order valence-corrected chi connectivity index (χ1v) is 7.04. The number of hydrazine groups is 1. The summed E-state index contributed by atoms with van der Waals surface area (Å²) in [6, 6.07) is 15.0. The number of halogens is 1. The lowest BCUT2D eigenvalue weighted by Crippen LogP contribution is -2.30. The second-order valence-electron chi connectivity index (χ2n) is 3.88. The molecule has 3 nitrogen and oxygen atoms in total. The molecule has 5 heteroatoms. The van der Waals surface area contributed by atoms with Crippen molar-refractivity contribution in [3.63, 3.8) is 0 Å². The van der Waals surface area contributed by atoms with Gasteiger partial charge < -0.3 is 0 Å². The second-order valence-corrected chi connectivity index (χ2v) is 5.36. The third-order valence-electron chi connectivity index (χ3n) is 2.58. The van der Waals surface area contributed by atoms with Gasteiger partial charge in [0, 0.05) is 21.2 Å². The van der Waals surface area contributed by atoms with Gasteiger partial charge in [-0.25, -0.2) is 5.84 Å². The molecule has 0 bridgehead atoms. The van der Waals surface area contributed by atoms with Gasteiger partial charge in [0.2, 0.25) is 0 Å². The predicted octanol–water partition coefficient (Wildman–Crippen LogP) is 3.24. The minimum atomic E-state index is -0.276. The molecule has 0 aliphatic rings. The zero-order valence-corrected chi connectivity index (χ0v) is 11.7. The largest absolute Gasteiger partial charge is 0.290 e. The highest BCUT2D eigenvalue weighted by atomic mass is 35.5. The van der Waals surface area contributed by atoms with E-state index in [1.165, 1.54) is 0 Å². The lowest BCUT2D eigenvalue weighted by Gasteiger charge is -2.08. The van der Waals surface area contributed by atoms with E-state index >= 15 is 0 Å². The molecule has 0 unspecified atom stereocenters. The molecule has 0 heterocycles. The van der Waals surface area contributed by atoms with E-state index in [0.29, 0.717) is 16.3 Å². The summed E-state index contributed by atoms with van der Waals surface area (Å²) in [6.45, 7) is 0. The Bertz CT molecular complexity index is 589. The molecule has 19 heavy (non-hydrogen) atoms. The number of hydrogen-bond donors (Lipinski definition) is 2. The van der Waals surface area contributed by atoms with Crippen LogP contribution in [0.4, 0.5) is 0 Å². The van der Waals surface area contributed by atoms with E-state index in [2.05, 4.69) is 5.43 Å². The molecule has 0 radical (unpaired) electrons. The maximum Gasteiger partial charge on any atom is 0.265 e. The molecule has 0 fully saturated rings. The Balaban J connectivity index is 2.13. The van der Waals surface area contributed by atoms with Crippen LogP contribution in [0.1, 0.15) is 15.9 Å². The van der Waals surface area contributed by atoms with Crippen LogP contribution in [-0.4, -0.2) is 5.91 Å². The van der Waals surface area contributed by atoms with Gasteiger partial charge >= 0.3 is 0 Å². The van der Waals surface area contributed by atoms with Crippen LogP contribution in [0.3, 0.4) is 0 Å². The first-order valence-electron chi connectivity index (χ1n) is 5.68. The number of nitrogen functional groups attached to an aromatic ring is 1. The smallest absolute Gasteiger partial charge is 0.265 e. The lowest BCUT2D eigenvalue weighted by molar-refractivity contribution is 0.0953. The summed E-state index contributed by atoms with van der Waals surface area (Å²) in [5, 5.41) is 0.706. The van der Waals surface area contributed by atoms with Crippen molar-refractivity contribution < 1.29 is 4.79 Å². The lowest BCUT2D eigenvalue weighted by atomic mass is 10.1. The summed E-state index contributed by atoms with van der Waals surface area (Å²) >= 11 is 7.56. The Morgan fingerprint density at radius 2 is 2.00 bits per heavy atom. The Morgan fingerprint density at radius 1 is 1.21 bits per heavy atom. The molecule has 3 N–H and O–H groups in total. The third kappa shape index (κ3) is 3.73. The van der Waals surface area contributed by atoms with E-state index in [0.717, 1.165) is 10.5 Å². The van der Waals surface area contributed by atoms with Crippen LogP contribution in [0.2, 0.25) is 5.02 Å². The first-order chi connectivity index (χ1) is 9.20. The molecule has 2 aromatic carbocycles. The topological polar surface area (TPSA) is 55.1 Å². The van der Waals surface area contributed by atoms with E-state index in [9.17, 15) is 4.79 Å². The highest BCUT2D eigenvalue weighted by Gasteiger charge is 2.09. The number of nitrogens with one attached hydrogen (secondary N) is 1. The SMILES string of the molecule is NNC(=O)c1ccccc1CSc1cccc(Cl)c1. The van der Waals surface area contributed by atoms with Crippen molar-refractivity contribution in [3.8, 4) is 0 Å². The highest BCUT2D eigenvalue weighted by molar-refractivity contribution is 7.98. The van der Waals surface area contributed by atoms with Gasteiger partial charge in [-0.2, -0.15) is 0 Å². The molecule has 2 aromatic rings. The molecule has 0 spiro atoms. The number of nitrogens with two attached hydrogens (primary N) is 1. The van der Waals surface area contributed by atoms with Crippen molar-refractivity contribution in [1.82, 2.24) is 5.43 Å².